The number of hydrogen-bond acceptors (Lipinski definition) is 3. The Balaban J connectivity index is 1.62. The van der Waals surface area contributed by atoms with Gasteiger partial charge in [-0.25, -0.2) is 0 Å². The predicted octanol–water partition coefficient (Wildman–Crippen LogP) is 5.14. The maximum atomic E-state index is 9.28. The molecule has 4 aromatic rings. The molecule has 30 heavy (non-hydrogen) atoms. The summed E-state index contributed by atoms with van der Waals surface area (Å²) in [5, 5.41) is 9.28. The van der Waals surface area contributed by atoms with Gasteiger partial charge in [-0.05, 0) is 60.7 Å². The number of pyridine rings is 1. The lowest BCUT2D eigenvalue weighted by Crippen LogP contribution is -2.30. The summed E-state index contributed by atoms with van der Waals surface area (Å²) in [7, 11) is 0. The van der Waals surface area contributed by atoms with Crippen molar-refractivity contribution in [2.75, 3.05) is 11.4 Å². The van der Waals surface area contributed by atoms with E-state index >= 15 is 0 Å². The van der Waals surface area contributed by atoms with Gasteiger partial charge in [-0.2, -0.15) is 5.26 Å². The van der Waals surface area contributed by atoms with E-state index in [0.29, 0.717) is 5.56 Å². The Morgan fingerprint density at radius 2 is 1.87 bits per heavy atom. The molecule has 0 saturated heterocycles. The average Bonchev–Trinajstić information content (AvgIpc) is 3.04. The van der Waals surface area contributed by atoms with E-state index in [9.17, 15) is 5.26 Å². The van der Waals surface area contributed by atoms with Crippen molar-refractivity contribution >= 4 is 16.7 Å². The summed E-state index contributed by atoms with van der Waals surface area (Å²) in [6.07, 6.45) is 2.99. The second-order valence-corrected chi connectivity index (χ2v) is 8.08. The van der Waals surface area contributed by atoms with E-state index in [1.165, 1.54) is 33.6 Å². The molecule has 4 nitrogen and oxygen atoms in total. The van der Waals surface area contributed by atoms with Crippen LogP contribution >= 0.6 is 0 Å². The third kappa shape index (κ3) is 3.04. The van der Waals surface area contributed by atoms with Crippen LogP contribution in [0.2, 0.25) is 0 Å². The predicted molar refractivity (Wildman–Crippen MR) is 121 cm³/mol. The van der Waals surface area contributed by atoms with E-state index in [4.69, 9.17) is 4.98 Å². The van der Waals surface area contributed by atoms with Crippen molar-refractivity contribution in [1.82, 2.24) is 9.55 Å². The third-order valence-corrected chi connectivity index (χ3v) is 6.34. The SMILES string of the molecule is Cc1c(C)n(Cc2cccc(C#N)c2)c2c(N3CCc4ccccc4C3)ccnc12. The van der Waals surface area contributed by atoms with E-state index in [2.05, 4.69) is 65.8 Å². The highest BCUT2D eigenvalue weighted by molar-refractivity contribution is 5.92. The fourth-order valence-corrected chi connectivity index (χ4v) is 4.60. The summed E-state index contributed by atoms with van der Waals surface area (Å²) in [4.78, 5) is 7.22. The Labute approximate surface area is 177 Å². The molecule has 1 aliphatic rings. The molecule has 0 bridgehead atoms. The lowest BCUT2D eigenvalue weighted by atomic mass is 9.99. The molecule has 0 radical (unpaired) electrons. The van der Waals surface area contributed by atoms with Gasteiger partial charge in [0.25, 0.3) is 0 Å². The first-order chi connectivity index (χ1) is 14.7. The highest BCUT2D eigenvalue weighted by Gasteiger charge is 2.22. The number of rotatable bonds is 3. The average molecular weight is 393 g/mol. The summed E-state index contributed by atoms with van der Waals surface area (Å²) in [5.74, 6) is 0. The number of nitriles is 1. The molecular formula is C26H24N4. The molecular weight excluding hydrogens is 368 g/mol. The highest BCUT2D eigenvalue weighted by atomic mass is 15.2. The minimum Gasteiger partial charge on any atom is -0.365 e. The maximum Gasteiger partial charge on any atom is 0.0991 e. The lowest BCUT2D eigenvalue weighted by molar-refractivity contribution is 0.727. The van der Waals surface area contributed by atoms with Gasteiger partial charge in [-0.1, -0.05) is 36.4 Å². The number of benzene rings is 2. The van der Waals surface area contributed by atoms with Crippen molar-refractivity contribution in [1.29, 1.82) is 5.26 Å². The lowest BCUT2D eigenvalue weighted by Gasteiger charge is -2.31. The van der Waals surface area contributed by atoms with Gasteiger partial charge < -0.3 is 9.47 Å². The van der Waals surface area contributed by atoms with Crippen molar-refractivity contribution in [2.24, 2.45) is 0 Å². The number of fused-ring (bicyclic) bond motifs is 2. The number of hydrogen-bond donors (Lipinski definition) is 0. The largest absolute Gasteiger partial charge is 0.365 e. The normalized spacial score (nSPS) is 13.3. The number of anilines is 1. The third-order valence-electron chi connectivity index (χ3n) is 6.34. The highest BCUT2D eigenvalue weighted by Crippen LogP contribution is 2.34. The number of aromatic nitrogens is 2. The van der Waals surface area contributed by atoms with Crippen LogP contribution in [0.4, 0.5) is 5.69 Å². The summed E-state index contributed by atoms with van der Waals surface area (Å²) in [5.41, 5.74) is 10.6. The van der Waals surface area contributed by atoms with Gasteiger partial charge in [0.2, 0.25) is 0 Å². The van der Waals surface area contributed by atoms with E-state index < -0.39 is 0 Å². The molecule has 0 amide bonds. The second kappa shape index (κ2) is 7.35. The minimum atomic E-state index is 0.698. The van der Waals surface area contributed by atoms with Gasteiger partial charge in [0.1, 0.15) is 0 Å². The van der Waals surface area contributed by atoms with Gasteiger partial charge in [0.05, 0.1) is 28.4 Å². The Kier molecular flexibility index (Phi) is 4.52. The molecule has 1 aliphatic heterocycles. The maximum absolute atomic E-state index is 9.28. The molecule has 0 saturated carbocycles. The Bertz CT molecular complexity index is 1290. The van der Waals surface area contributed by atoms with Crippen LogP contribution in [0.3, 0.4) is 0 Å². The zero-order chi connectivity index (χ0) is 20.7. The molecule has 0 fully saturated rings. The summed E-state index contributed by atoms with van der Waals surface area (Å²) >= 11 is 0. The van der Waals surface area contributed by atoms with Crippen molar-refractivity contribution in [3.8, 4) is 6.07 Å². The fraction of sp³-hybridized carbons (Fsp3) is 0.231. The van der Waals surface area contributed by atoms with Crippen LogP contribution in [-0.4, -0.2) is 16.1 Å². The molecule has 2 aromatic carbocycles. The smallest absolute Gasteiger partial charge is 0.0991 e. The molecule has 4 heteroatoms. The van der Waals surface area contributed by atoms with Gasteiger partial charge >= 0.3 is 0 Å². The Hall–Kier alpha value is -3.58. The number of aryl methyl sites for hydroxylation is 1. The van der Waals surface area contributed by atoms with Crippen LogP contribution in [0.5, 0.6) is 0 Å². The quantitative estimate of drug-likeness (QED) is 0.485. The number of nitrogens with zero attached hydrogens (tertiary/aromatic N) is 4. The van der Waals surface area contributed by atoms with Crippen LogP contribution < -0.4 is 4.90 Å². The Morgan fingerprint density at radius 3 is 2.70 bits per heavy atom. The van der Waals surface area contributed by atoms with E-state index in [1.807, 2.05) is 24.4 Å². The van der Waals surface area contributed by atoms with Gasteiger partial charge in [0, 0.05) is 31.5 Å². The first-order valence-corrected chi connectivity index (χ1v) is 10.4. The zero-order valence-electron chi connectivity index (χ0n) is 17.4. The fourth-order valence-electron chi connectivity index (χ4n) is 4.60. The van der Waals surface area contributed by atoms with Gasteiger partial charge in [0.15, 0.2) is 0 Å². The topological polar surface area (TPSA) is 44.9 Å². The van der Waals surface area contributed by atoms with Crippen molar-refractivity contribution < 1.29 is 0 Å². The van der Waals surface area contributed by atoms with Gasteiger partial charge in [-0.15, -0.1) is 0 Å². The van der Waals surface area contributed by atoms with Gasteiger partial charge in [-0.3, -0.25) is 4.98 Å². The van der Waals surface area contributed by atoms with Crippen molar-refractivity contribution in [3.63, 3.8) is 0 Å². The van der Waals surface area contributed by atoms with Crippen LogP contribution in [0.1, 0.15) is 33.5 Å². The Morgan fingerprint density at radius 1 is 1.03 bits per heavy atom. The van der Waals surface area contributed by atoms with E-state index in [0.717, 1.165) is 37.1 Å². The standard InChI is InChI=1S/C26H24N4/c1-18-19(2)30(16-21-7-5-6-20(14-21)15-27)26-24(10-12-28-25(18)26)29-13-11-22-8-3-4-9-23(22)17-29/h3-10,12,14H,11,13,16-17H2,1-2H3. The molecule has 0 atom stereocenters. The second-order valence-electron chi connectivity index (χ2n) is 8.08. The monoisotopic (exact) mass is 392 g/mol. The summed E-state index contributed by atoms with van der Waals surface area (Å²) in [6, 6.07) is 21.0. The molecule has 2 aromatic heterocycles. The van der Waals surface area contributed by atoms with Crippen LogP contribution in [0, 0.1) is 25.2 Å². The molecule has 148 valence electrons. The summed E-state index contributed by atoms with van der Waals surface area (Å²) in [6.45, 7) is 6.98. The van der Waals surface area contributed by atoms with E-state index in [1.54, 1.807) is 0 Å². The van der Waals surface area contributed by atoms with E-state index in [-0.39, 0.29) is 0 Å². The molecule has 0 N–H and O–H groups in total. The van der Waals surface area contributed by atoms with Crippen LogP contribution in [0.25, 0.3) is 11.0 Å². The molecule has 0 unspecified atom stereocenters. The molecule has 3 heterocycles. The molecule has 0 aliphatic carbocycles. The summed E-state index contributed by atoms with van der Waals surface area (Å²) < 4.78 is 2.37. The zero-order valence-corrected chi connectivity index (χ0v) is 17.4. The first kappa shape index (κ1) is 18.4. The van der Waals surface area contributed by atoms with Crippen molar-refractivity contribution in [2.45, 2.75) is 33.4 Å². The van der Waals surface area contributed by atoms with Crippen LogP contribution in [0.15, 0.2) is 60.8 Å². The van der Waals surface area contributed by atoms with Crippen LogP contribution in [-0.2, 0) is 19.5 Å². The van der Waals surface area contributed by atoms with Crippen molar-refractivity contribution in [3.05, 3.63) is 94.3 Å². The minimum absolute atomic E-state index is 0.698. The molecule has 0 spiro atoms. The molecule has 5 rings (SSSR count). The first-order valence-electron chi connectivity index (χ1n) is 10.4.